The van der Waals surface area contributed by atoms with Crippen molar-refractivity contribution >= 4 is 59.3 Å². The second-order valence-electron chi connectivity index (χ2n) is 12.6. The van der Waals surface area contributed by atoms with Gasteiger partial charge in [0.15, 0.2) is 0 Å². The molecule has 1 aromatic heterocycles. The van der Waals surface area contributed by atoms with Gasteiger partial charge in [-0.2, -0.15) is 0 Å². The van der Waals surface area contributed by atoms with E-state index in [-0.39, 0.29) is 5.41 Å². The van der Waals surface area contributed by atoms with Crippen LogP contribution in [-0.2, 0) is 5.41 Å². The Kier molecular flexibility index (Phi) is 5.78. The van der Waals surface area contributed by atoms with Crippen molar-refractivity contribution in [1.29, 1.82) is 0 Å². The Morgan fingerprint density at radius 2 is 1.18 bits per heavy atom. The molecule has 0 saturated carbocycles. The van der Waals surface area contributed by atoms with Gasteiger partial charge in [0, 0.05) is 42.6 Å². The Balaban J connectivity index is 1.22. The summed E-state index contributed by atoms with van der Waals surface area (Å²) in [5, 5.41) is 5.27. The van der Waals surface area contributed by atoms with Gasteiger partial charge in [-0.1, -0.05) is 123 Å². The average Bonchev–Trinajstić information content (AvgIpc) is 3.57. The highest BCUT2D eigenvalue weighted by Gasteiger charge is 2.38. The molecule has 0 unspecified atom stereocenters. The highest BCUT2D eigenvalue weighted by molar-refractivity contribution is 7.25. The number of thiophene rings is 1. The van der Waals surface area contributed by atoms with Crippen LogP contribution in [-0.4, -0.2) is 0 Å². The van der Waals surface area contributed by atoms with E-state index in [1.165, 1.54) is 64.3 Å². The highest BCUT2D eigenvalue weighted by atomic mass is 32.1. The van der Waals surface area contributed by atoms with Crippen molar-refractivity contribution in [2.45, 2.75) is 19.3 Å². The van der Waals surface area contributed by atoms with Crippen molar-refractivity contribution in [2.75, 3.05) is 4.90 Å². The molecule has 1 nitrogen and oxygen atoms in total. The first-order valence-electron chi connectivity index (χ1n) is 15.6. The molecule has 2 heteroatoms. The molecule has 0 atom stereocenters. The maximum absolute atomic E-state index is 2.39. The van der Waals surface area contributed by atoms with Gasteiger partial charge in [0.25, 0.3) is 0 Å². The number of para-hydroxylation sites is 1. The fraction of sp³-hybridized carbons (Fsp3) is 0.0698. The van der Waals surface area contributed by atoms with E-state index in [1.807, 2.05) is 11.3 Å². The zero-order chi connectivity index (χ0) is 30.1. The van der Waals surface area contributed by atoms with Gasteiger partial charge in [-0.05, 0) is 86.6 Å². The lowest BCUT2D eigenvalue weighted by atomic mass is 9.78. The second kappa shape index (κ2) is 9.92. The summed E-state index contributed by atoms with van der Waals surface area (Å²) in [6, 6.07) is 55.7. The van der Waals surface area contributed by atoms with Crippen molar-refractivity contribution in [2.24, 2.45) is 0 Å². The predicted octanol–water partition coefficient (Wildman–Crippen LogP) is 12.7. The van der Waals surface area contributed by atoms with Crippen LogP contribution < -0.4 is 4.90 Å². The summed E-state index contributed by atoms with van der Waals surface area (Å²) in [6.07, 6.45) is 0. The summed E-state index contributed by atoms with van der Waals surface area (Å²) in [4.78, 5) is 2.39. The Labute approximate surface area is 267 Å². The molecule has 7 aromatic carbocycles. The molecule has 8 aromatic rings. The van der Waals surface area contributed by atoms with E-state index in [2.05, 4.69) is 170 Å². The van der Waals surface area contributed by atoms with Crippen LogP contribution in [0, 0.1) is 0 Å². The Morgan fingerprint density at radius 3 is 2.07 bits per heavy atom. The van der Waals surface area contributed by atoms with Crippen molar-refractivity contribution < 1.29 is 0 Å². The van der Waals surface area contributed by atoms with Crippen LogP contribution in [0.15, 0.2) is 152 Å². The monoisotopic (exact) mass is 593 g/mol. The maximum atomic E-state index is 2.39. The molecule has 0 fully saturated rings. The quantitative estimate of drug-likeness (QED) is 0.196. The normalized spacial score (nSPS) is 13.3. The van der Waals surface area contributed by atoms with Gasteiger partial charge in [-0.3, -0.25) is 0 Å². The number of nitrogens with zero attached hydrogens (tertiary/aromatic N) is 1. The molecule has 1 aliphatic carbocycles. The Bertz CT molecular complexity index is 2410. The lowest BCUT2D eigenvalue weighted by Crippen LogP contribution is -2.16. The van der Waals surface area contributed by atoms with E-state index in [4.69, 9.17) is 0 Å². The molecule has 214 valence electrons. The molecule has 0 spiro atoms. The van der Waals surface area contributed by atoms with E-state index in [0.29, 0.717) is 0 Å². The van der Waals surface area contributed by atoms with Crippen LogP contribution >= 0.6 is 11.3 Å². The lowest BCUT2D eigenvalue weighted by Gasteiger charge is -2.27. The topological polar surface area (TPSA) is 3.24 Å². The number of rotatable bonds is 4. The van der Waals surface area contributed by atoms with Crippen LogP contribution in [0.25, 0.3) is 53.2 Å². The van der Waals surface area contributed by atoms with Gasteiger partial charge in [0.05, 0.1) is 0 Å². The summed E-state index contributed by atoms with van der Waals surface area (Å²) in [6.45, 7) is 4.77. The van der Waals surface area contributed by atoms with Gasteiger partial charge in [0.2, 0.25) is 0 Å². The van der Waals surface area contributed by atoms with Gasteiger partial charge in [0.1, 0.15) is 0 Å². The molecular weight excluding hydrogens is 563 g/mol. The van der Waals surface area contributed by atoms with Gasteiger partial charge in [-0.15, -0.1) is 11.3 Å². The van der Waals surface area contributed by atoms with Crippen LogP contribution in [0.3, 0.4) is 0 Å². The highest BCUT2D eigenvalue weighted by Crippen LogP contribution is 2.54. The number of anilines is 3. The van der Waals surface area contributed by atoms with Gasteiger partial charge in [-0.25, -0.2) is 0 Å². The first kappa shape index (κ1) is 26.2. The SMILES string of the molecule is CC1(C)c2ccc3ccccc3c2-c2cccc(-c3cccc(N(c4ccccc4)c4ccc5c(c4)sc4ccccc45)c3)c21. The largest absolute Gasteiger partial charge is 0.310 e. The smallest absolute Gasteiger partial charge is 0.0476 e. The van der Waals surface area contributed by atoms with Crippen LogP contribution in [0.2, 0.25) is 0 Å². The third-order valence-electron chi connectivity index (χ3n) is 9.61. The zero-order valence-electron chi connectivity index (χ0n) is 25.3. The number of hydrogen-bond donors (Lipinski definition) is 0. The lowest BCUT2D eigenvalue weighted by molar-refractivity contribution is 0.662. The summed E-state index contributed by atoms with van der Waals surface area (Å²) in [5.74, 6) is 0. The molecule has 45 heavy (non-hydrogen) atoms. The molecule has 1 aliphatic rings. The molecule has 9 rings (SSSR count). The predicted molar refractivity (Wildman–Crippen MR) is 195 cm³/mol. The van der Waals surface area contributed by atoms with E-state index in [1.54, 1.807) is 0 Å². The minimum atomic E-state index is -0.118. The zero-order valence-corrected chi connectivity index (χ0v) is 26.1. The van der Waals surface area contributed by atoms with Crippen LogP contribution in [0.5, 0.6) is 0 Å². The average molecular weight is 594 g/mol. The second-order valence-corrected chi connectivity index (χ2v) is 13.6. The minimum Gasteiger partial charge on any atom is -0.310 e. The van der Waals surface area contributed by atoms with Gasteiger partial charge >= 0.3 is 0 Å². The molecular formula is C43H31NS. The molecule has 0 saturated heterocycles. The molecule has 0 N–H and O–H groups in total. The van der Waals surface area contributed by atoms with E-state index in [0.717, 1.165) is 17.1 Å². The molecule has 1 heterocycles. The maximum Gasteiger partial charge on any atom is 0.0476 e. The molecule has 0 radical (unpaired) electrons. The summed E-state index contributed by atoms with van der Waals surface area (Å²) in [7, 11) is 0. The fourth-order valence-electron chi connectivity index (χ4n) is 7.58. The number of hydrogen-bond acceptors (Lipinski definition) is 2. The first-order valence-corrected chi connectivity index (χ1v) is 16.4. The summed E-state index contributed by atoms with van der Waals surface area (Å²) in [5.41, 5.74) is 11.4. The Hall–Kier alpha value is -5.18. The van der Waals surface area contributed by atoms with E-state index >= 15 is 0 Å². The minimum absolute atomic E-state index is 0.118. The van der Waals surface area contributed by atoms with Crippen molar-refractivity contribution in [3.8, 4) is 22.3 Å². The van der Waals surface area contributed by atoms with Crippen LogP contribution in [0.4, 0.5) is 17.1 Å². The van der Waals surface area contributed by atoms with E-state index in [9.17, 15) is 0 Å². The number of benzene rings is 7. The summed E-state index contributed by atoms with van der Waals surface area (Å²) < 4.78 is 2.63. The van der Waals surface area contributed by atoms with Crippen molar-refractivity contribution in [3.63, 3.8) is 0 Å². The molecule has 0 amide bonds. The van der Waals surface area contributed by atoms with Crippen molar-refractivity contribution in [3.05, 3.63) is 163 Å². The Morgan fingerprint density at radius 1 is 0.489 bits per heavy atom. The van der Waals surface area contributed by atoms with E-state index < -0.39 is 0 Å². The standard InChI is InChI=1S/C43H31NS/c1-43(2)38-25-22-28-12-6-7-17-33(28)41(38)37-20-11-19-34(42(37)43)29-13-10-16-31(26-29)44(30-14-4-3-5-15-30)32-23-24-36-35-18-8-9-21-39(35)45-40(36)27-32/h3-27H,1-2H3. The fourth-order valence-corrected chi connectivity index (χ4v) is 8.72. The van der Waals surface area contributed by atoms with Gasteiger partial charge < -0.3 is 4.90 Å². The van der Waals surface area contributed by atoms with Crippen LogP contribution in [0.1, 0.15) is 25.0 Å². The third-order valence-corrected chi connectivity index (χ3v) is 10.7. The molecule has 0 aliphatic heterocycles. The molecule has 0 bridgehead atoms. The van der Waals surface area contributed by atoms with Crippen molar-refractivity contribution in [1.82, 2.24) is 0 Å². The summed E-state index contributed by atoms with van der Waals surface area (Å²) >= 11 is 1.86. The first-order chi connectivity index (χ1) is 22.1. The number of fused-ring (bicyclic) bond motifs is 8. The third kappa shape index (κ3) is 3.99.